The molecule has 0 amide bonds. The quantitative estimate of drug-likeness (QED) is 0.726. The van der Waals surface area contributed by atoms with Crippen LogP contribution in [-0.2, 0) is 6.54 Å². The predicted octanol–water partition coefficient (Wildman–Crippen LogP) is 1.80. The molecule has 6 nitrogen and oxygen atoms in total. The molecule has 0 saturated carbocycles. The van der Waals surface area contributed by atoms with Crippen LogP contribution in [0.25, 0.3) is 17.1 Å². The molecule has 0 fully saturated rings. The van der Waals surface area contributed by atoms with Crippen LogP contribution in [0.2, 0.25) is 0 Å². The highest BCUT2D eigenvalue weighted by Gasteiger charge is 2.09. The molecule has 0 aromatic carbocycles. The van der Waals surface area contributed by atoms with Crippen LogP contribution in [-0.4, -0.2) is 36.4 Å². The molecule has 0 bridgehead atoms. The van der Waals surface area contributed by atoms with Crippen molar-refractivity contribution in [3.05, 3.63) is 42.5 Å². The molecule has 0 radical (unpaired) electrons. The van der Waals surface area contributed by atoms with E-state index in [-0.39, 0.29) is 6.54 Å². The number of alkyl halides is 1. The molecular weight excluding hydrogens is 259 g/mol. The van der Waals surface area contributed by atoms with Crippen LogP contribution in [0.1, 0.15) is 5.56 Å². The molecule has 102 valence electrons. The standard InChI is InChI=1S/C13H13FN6/c1-10-3-2-5-15-13(10)20-9-12(17-18-20)11-7-16-19(8-11)6-4-14/h2-3,5,7-9H,4,6H2,1H3. The lowest BCUT2D eigenvalue weighted by Crippen LogP contribution is -2.00. The van der Waals surface area contributed by atoms with Gasteiger partial charge in [0.1, 0.15) is 12.4 Å². The van der Waals surface area contributed by atoms with Gasteiger partial charge in [0.25, 0.3) is 0 Å². The summed E-state index contributed by atoms with van der Waals surface area (Å²) in [5.41, 5.74) is 2.50. The minimum atomic E-state index is -0.444. The van der Waals surface area contributed by atoms with Gasteiger partial charge in [-0.05, 0) is 18.6 Å². The largest absolute Gasteiger partial charge is 0.269 e. The van der Waals surface area contributed by atoms with E-state index in [1.807, 2.05) is 19.1 Å². The van der Waals surface area contributed by atoms with Crippen molar-refractivity contribution in [2.24, 2.45) is 0 Å². The lowest BCUT2D eigenvalue weighted by molar-refractivity contribution is 0.427. The van der Waals surface area contributed by atoms with Crippen molar-refractivity contribution >= 4 is 0 Å². The third-order valence-electron chi connectivity index (χ3n) is 2.93. The number of nitrogens with zero attached hydrogens (tertiary/aromatic N) is 6. The van der Waals surface area contributed by atoms with Gasteiger partial charge in [0.2, 0.25) is 0 Å². The molecule has 0 aliphatic rings. The van der Waals surface area contributed by atoms with E-state index < -0.39 is 6.67 Å². The Hall–Kier alpha value is -2.57. The minimum absolute atomic E-state index is 0.244. The van der Waals surface area contributed by atoms with Crippen LogP contribution in [0.4, 0.5) is 4.39 Å². The van der Waals surface area contributed by atoms with Crippen LogP contribution in [0, 0.1) is 6.92 Å². The maximum atomic E-state index is 12.3. The summed E-state index contributed by atoms with van der Waals surface area (Å²) >= 11 is 0. The summed E-state index contributed by atoms with van der Waals surface area (Å²) < 4.78 is 15.4. The van der Waals surface area contributed by atoms with Crippen molar-refractivity contribution < 1.29 is 4.39 Å². The van der Waals surface area contributed by atoms with Gasteiger partial charge in [-0.25, -0.2) is 14.1 Å². The molecule has 0 saturated heterocycles. The zero-order chi connectivity index (χ0) is 13.9. The van der Waals surface area contributed by atoms with Crippen molar-refractivity contribution in [3.8, 4) is 17.1 Å². The normalized spacial score (nSPS) is 10.9. The molecule has 3 aromatic rings. The molecule has 3 aromatic heterocycles. The third kappa shape index (κ3) is 2.29. The first kappa shape index (κ1) is 12.5. The molecule has 0 aliphatic heterocycles. The molecule has 3 rings (SSSR count). The lowest BCUT2D eigenvalue weighted by Gasteiger charge is -2.01. The summed E-state index contributed by atoms with van der Waals surface area (Å²) in [4.78, 5) is 4.28. The fraction of sp³-hybridized carbons (Fsp3) is 0.231. The average molecular weight is 272 g/mol. The Morgan fingerprint density at radius 2 is 2.20 bits per heavy atom. The van der Waals surface area contributed by atoms with E-state index in [0.717, 1.165) is 16.9 Å². The fourth-order valence-corrected chi connectivity index (χ4v) is 1.92. The molecule has 3 heterocycles. The molecule has 0 unspecified atom stereocenters. The maximum absolute atomic E-state index is 12.3. The van der Waals surface area contributed by atoms with Crippen molar-refractivity contribution in [2.45, 2.75) is 13.5 Å². The first-order valence-electron chi connectivity index (χ1n) is 6.21. The van der Waals surface area contributed by atoms with E-state index in [9.17, 15) is 4.39 Å². The summed E-state index contributed by atoms with van der Waals surface area (Å²) in [5.74, 6) is 0.738. The van der Waals surface area contributed by atoms with Crippen molar-refractivity contribution in [2.75, 3.05) is 6.67 Å². The monoisotopic (exact) mass is 272 g/mol. The number of rotatable bonds is 4. The van der Waals surface area contributed by atoms with Gasteiger partial charge in [-0.2, -0.15) is 5.10 Å². The van der Waals surface area contributed by atoms with E-state index in [1.165, 1.54) is 0 Å². The second-order valence-electron chi connectivity index (χ2n) is 4.37. The number of aromatic nitrogens is 6. The van der Waals surface area contributed by atoms with Crippen molar-refractivity contribution in [3.63, 3.8) is 0 Å². The van der Waals surface area contributed by atoms with Gasteiger partial charge < -0.3 is 0 Å². The lowest BCUT2D eigenvalue weighted by atomic mass is 10.3. The molecule has 0 aliphatic carbocycles. The van der Waals surface area contributed by atoms with Gasteiger partial charge in [-0.1, -0.05) is 11.3 Å². The minimum Gasteiger partial charge on any atom is -0.269 e. The second kappa shape index (κ2) is 5.20. The molecule has 20 heavy (non-hydrogen) atoms. The molecular formula is C13H13FN6. The molecule has 0 atom stereocenters. The number of halogens is 1. The molecule has 7 heteroatoms. The first-order valence-corrected chi connectivity index (χ1v) is 6.21. The number of pyridine rings is 1. The smallest absolute Gasteiger partial charge is 0.157 e. The number of hydrogen-bond acceptors (Lipinski definition) is 4. The fourth-order valence-electron chi connectivity index (χ4n) is 1.92. The molecule has 0 N–H and O–H groups in total. The topological polar surface area (TPSA) is 61.4 Å². The zero-order valence-electron chi connectivity index (χ0n) is 10.9. The predicted molar refractivity (Wildman–Crippen MR) is 71.1 cm³/mol. The third-order valence-corrected chi connectivity index (χ3v) is 2.93. The zero-order valence-corrected chi connectivity index (χ0v) is 10.9. The average Bonchev–Trinajstić information content (AvgIpc) is 3.08. The summed E-state index contributed by atoms with van der Waals surface area (Å²) in [7, 11) is 0. The second-order valence-corrected chi connectivity index (χ2v) is 4.37. The number of hydrogen-bond donors (Lipinski definition) is 0. The highest BCUT2D eigenvalue weighted by atomic mass is 19.1. The van der Waals surface area contributed by atoms with E-state index in [4.69, 9.17) is 0 Å². The number of aryl methyl sites for hydroxylation is 2. The summed E-state index contributed by atoms with van der Waals surface area (Å²) in [6, 6.07) is 3.83. The SMILES string of the molecule is Cc1cccnc1-n1cc(-c2cnn(CCF)c2)nn1. The highest BCUT2D eigenvalue weighted by molar-refractivity contribution is 5.55. The Morgan fingerprint density at radius 1 is 1.30 bits per heavy atom. The van der Waals surface area contributed by atoms with Crippen molar-refractivity contribution in [1.29, 1.82) is 0 Å². The van der Waals surface area contributed by atoms with Crippen LogP contribution >= 0.6 is 0 Å². The summed E-state index contributed by atoms with van der Waals surface area (Å²) in [6.45, 7) is 1.76. The van der Waals surface area contributed by atoms with Crippen LogP contribution in [0.3, 0.4) is 0 Å². The molecule has 0 spiro atoms. The van der Waals surface area contributed by atoms with E-state index >= 15 is 0 Å². The van der Waals surface area contributed by atoms with E-state index in [1.54, 1.807) is 34.2 Å². The van der Waals surface area contributed by atoms with Gasteiger partial charge in [0, 0.05) is 18.0 Å². The van der Waals surface area contributed by atoms with Gasteiger partial charge in [-0.15, -0.1) is 5.10 Å². The maximum Gasteiger partial charge on any atom is 0.157 e. The van der Waals surface area contributed by atoms with Gasteiger partial charge in [-0.3, -0.25) is 4.68 Å². The van der Waals surface area contributed by atoms with Gasteiger partial charge >= 0.3 is 0 Å². The summed E-state index contributed by atoms with van der Waals surface area (Å²) in [6.07, 6.45) is 6.89. The van der Waals surface area contributed by atoms with Crippen LogP contribution in [0.15, 0.2) is 36.9 Å². The Balaban J connectivity index is 1.91. The van der Waals surface area contributed by atoms with Gasteiger partial charge in [0.15, 0.2) is 5.82 Å². The Labute approximate surface area is 114 Å². The Bertz CT molecular complexity index is 717. The van der Waals surface area contributed by atoms with E-state index in [0.29, 0.717) is 5.69 Å². The highest BCUT2D eigenvalue weighted by Crippen LogP contribution is 2.17. The van der Waals surface area contributed by atoms with Gasteiger partial charge in [0.05, 0.1) is 18.9 Å². The Kier molecular flexibility index (Phi) is 3.24. The summed E-state index contributed by atoms with van der Waals surface area (Å²) in [5, 5.41) is 12.2. The van der Waals surface area contributed by atoms with Crippen LogP contribution < -0.4 is 0 Å². The first-order chi connectivity index (χ1) is 9.78. The van der Waals surface area contributed by atoms with Crippen LogP contribution in [0.5, 0.6) is 0 Å². The Morgan fingerprint density at radius 3 is 3.00 bits per heavy atom. The van der Waals surface area contributed by atoms with Crippen molar-refractivity contribution in [1.82, 2.24) is 29.8 Å². The van der Waals surface area contributed by atoms with E-state index in [2.05, 4.69) is 20.4 Å².